The third kappa shape index (κ3) is 3.44. The predicted molar refractivity (Wildman–Crippen MR) is 73.9 cm³/mol. The van der Waals surface area contributed by atoms with Crippen molar-refractivity contribution in [3.63, 3.8) is 0 Å². The van der Waals surface area contributed by atoms with Crippen LogP contribution in [0.4, 0.5) is 5.69 Å². The van der Waals surface area contributed by atoms with Gasteiger partial charge in [-0.25, -0.2) is 0 Å². The summed E-state index contributed by atoms with van der Waals surface area (Å²) in [6.07, 6.45) is 2.62. The van der Waals surface area contributed by atoms with Gasteiger partial charge in [-0.05, 0) is 40.4 Å². The Bertz CT molecular complexity index is 380. The molecular formula is C13H19BrN2O. The number of nitrogen functional groups attached to an aromatic ring is 1. The summed E-state index contributed by atoms with van der Waals surface area (Å²) in [6, 6.07) is 6.79. The Morgan fingerprint density at radius 3 is 2.88 bits per heavy atom. The molecule has 0 radical (unpaired) electrons. The second-order valence-corrected chi connectivity index (χ2v) is 5.31. The second-order valence-electron chi connectivity index (χ2n) is 4.51. The lowest BCUT2D eigenvalue weighted by Gasteiger charge is -2.22. The van der Waals surface area contributed by atoms with Crippen LogP contribution in [0.1, 0.15) is 18.4 Å². The van der Waals surface area contributed by atoms with Crippen molar-refractivity contribution in [3.05, 3.63) is 28.2 Å². The van der Waals surface area contributed by atoms with Crippen LogP contribution >= 0.6 is 15.9 Å². The summed E-state index contributed by atoms with van der Waals surface area (Å²) in [5.41, 5.74) is 7.97. The molecule has 1 fully saturated rings. The summed E-state index contributed by atoms with van der Waals surface area (Å²) in [5.74, 6) is 0. The second kappa shape index (κ2) is 5.85. The fourth-order valence-corrected chi connectivity index (χ4v) is 2.37. The lowest BCUT2D eigenvalue weighted by Crippen LogP contribution is -2.29. The SMILES string of the molecule is COCCN(Cc1cccc(N)c1Br)C1CC1. The molecule has 0 bridgehead atoms. The molecule has 1 saturated carbocycles. The molecule has 1 aromatic rings. The Labute approximate surface area is 111 Å². The standard InChI is InChI=1S/C13H19BrN2O/c1-17-8-7-16(11-5-6-11)9-10-3-2-4-12(15)13(10)14/h2-4,11H,5-9,15H2,1H3. The van der Waals surface area contributed by atoms with Crippen molar-refractivity contribution < 1.29 is 4.74 Å². The Morgan fingerprint density at radius 1 is 1.47 bits per heavy atom. The van der Waals surface area contributed by atoms with E-state index in [0.717, 1.165) is 35.9 Å². The molecule has 4 heteroatoms. The van der Waals surface area contributed by atoms with Crippen LogP contribution in [0.3, 0.4) is 0 Å². The summed E-state index contributed by atoms with van der Waals surface area (Å²) in [6.45, 7) is 2.72. The van der Waals surface area contributed by atoms with E-state index in [-0.39, 0.29) is 0 Å². The summed E-state index contributed by atoms with van der Waals surface area (Å²) in [7, 11) is 1.75. The number of methoxy groups -OCH3 is 1. The molecule has 1 aliphatic rings. The van der Waals surface area contributed by atoms with Gasteiger partial charge in [-0.3, -0.25) is 4.90 Å². The Kier molecular flexibility index (Phi) is 4.42. The van der Waals surface area contributed by atoms with E-state index >= 15 is 0 Å². The van der Waals surface area contributed by atoms with Gasteiger partial charge in [0, 0.05) is 36.4 Å². The summed E-state index contributed by atoms with van der Waals surface area (Å²) < 4.78 is 6.19. The average molecular weight is 299 g/mol. The van der Waals surface area contributed by atoms with Gasteiger partial charge in [-0.2, -0.15) is 0 Å². The van der Waals surface area contributed by atoms with Gasteiger partial charge in [0.05, 0.1) is 6.61 Å². The van der Waals surface area contributed by atoms with E-state index < -0.39 is 0 Å². The van der Waals surface area contributed by atoms with Crippen LogP contribution in [0.2, 0.25) is 0 Å². The molecule has 94 valence electrons. The minimum Gasteiger partial charge on any atom is -0.398 e. The molecule has 0 spiro atoms. The number of benzene rings is 1. The highest BCUT2D eigenvalue weighted by Crippen LogP contribution is 2.31. The van der Waals surface area contributed by atoms with Crippen molar-refractivity contribution >= 4 is 21.6 Å². The van der Waals surface area contributed by atoms with Crippen LogP contribution in [0, 0.1) is 0 Å². The number of hydrogen-bond acceptors (Lipinski definition) is 3. The third-order valence-electron chi connectivity index (χ3n) is 3.13. The number of nitrogens with zero attached hydrogens (tertiary/aromatic N) is 1. The van der Waals surface area contributed by atoms with Gasteiger partial charge in [0.1, 0.15) is 0 Å². The quantitative estimate of drug-likeness (QED) is 0.821. The molecule has 2 rings (SSSR count). The molecule has 0 aliphatic heterocycles. The minimum absolute atomic E-state index is 0.735. The van der Waals surface area contributed by atoms with E-state index in [1.807, 2.05) is 12.1 Å². The van der Waals surface area contributed by atoms with Crippen LogP contribution < -0.4 is 5.73 Å². The maximum absolute atomic E-state index is 5.90. The third-order valence-corrected chi connectivity index (χ3v) is 4.10. The molecule has 1 aromatic carbocycles. The number of hydrogen-bond donors (Lipinski definition) is 1. The highest BCUT2D eigenvalue weighted by molar-refractivity contribution is 9.10. The normalized spacial score (nSPS) is 15.5. The Hall–Kier alpha value is -0.580. The zero-order valence-electron chi connectivity index (χ0n) is 10.2. The number of anilines is 1. The van der Waals surface area contributed by atoms with Gasteiger partial charge < -0.3 is 10.5 Å². The molecule has 0 aromatic heterocycles. The number of halogens is 1. The predicted octanol–water partition coefficient (Wildman–Crippen LogP) is 2.64. The summed E-state index contributed by atoms with van der Waals surface area (Å²) in [5, 5.41) is 0. The summed E-state index contributed by atoms with van der Waals surface area (Å²) in [4.78, 5) is 2.48. The van der Waals surface area contributed by atoms with Crippen molar-refractivity contribution in [1.82, 2.24) is 4.90 Å². The number of ether oxygens (including phenoxy) is 1. The van der Waals surface area contributed by atoms with Crippen LogP contribution in [-0.2, 0) is 11.3 Å². The van der Waals surface area contributed by atoms with E-state index in [9.17, 15) is 0 Å². The van der Waals surface area contributed by atoms with E-state index in [0.29, 0.717) is 0 Å². The van der Waals surface area contributed by atoms with Crippen molar-refractivity contribution in [2.75, 3.05) is 26.0 Å². The Morgan fingerprint density at radius 2 is 2.24 bits per heavy atom. The van der Waals surface area contributed by atoms with Crippen LogP contribution in [0.5, 0.6) is 0 Å². The first kappa shape index (κ1) is 12.9. The van der Waals surface area contributed by atoms with E-state index in [4.69, 9.17) is 10.5 Å². The van der Waals surface area contributed by atoms with E-state index in [1.165, 1.54) is 18.4 Å². The topological polar surface area (TPSA) is 38.5 Å². The molecule has 0 amide bonds. The first-order valence-corrected chi connectivity index (χ1v) is 6.77. The van der Waals surface area contributed by atoms with Crippen molar-refractivity contribution in [2.24, 2.45) is 0 Å². The molecule has 1 aliphatic carbocycles. The van der Waals surface area contributed by atoms with Gasteiger partial charge in [0.25, 0.3) is 0 Å². The Balaban J connectivity index is 2.03. The maximum Gasteiger partial charge on any atom is 0.0589 e. The molecule has 0 atom stereocenters. The van der Waals surface area contributed by atoms with Gasteiger partial charge in [-0.15, -0.1) is 0 Å². The molecule has 3 nitrogen and oxygen atoms in total. The van der Waals surface area contributed by atoms with Crippen molar-refractivity contribution in [2.45, 2.75) is 25.4 Å². The molecule has 17 heavy (non-hydrogen) atoms. The van der Waals surface area contributed by atoms with E-state index in [1.54, 1.807) is 7.11 Å². The van der Waals surface area contributed by atoms with Crippen LogP contribution in [-0.4, -0.2) is 31.2 Å². The summed E-state index contributed by atoms with van der Waals surface area (Å²) >= 11 is 3.56. The molecule has 0 unspecified atom stereocenters. The molecule has 0 heterocycles. The first-order chi connectivity index (χ1) is 8.22. The average Bonchev–Trinajstić information content (AvgIpc) is 3.14. The van der Waals surface area contributed by atoms with Crippen molar-refractivity contribution in [3.8, 4) is 0 Å². The largest absolute Gasteiger partial charge is 0.398 e. The maximum atomic E-state index is 5.90. The fourth-order valence-electron chi connectivity index (χ4n) is 1.98. The van der Waals surface area contributed by atoms with Gasteiger partial charge in [0.2, 0.25) is 0 Å². The smallest absolute Gasteiger partial charge is 0.0589 e. The minimum atomic E-state index is 0.735. The van der Waals surface area contributed by atoms with Gasteiger partial charge in [-0.1, -0.05) is 12.1 Å². The fraction of sp³-hybridized carbons (Fsp3) is 0.538. The first-order valence-electron chi connectivity index (χ1n) is 5.98. The zero-order valence-corrected chi connectivity index (χ0v) is 11.7. The highest BCUT2D eigenvalue weighted by Gasteiger charge is 2.28. The van der Waals surface area contributed by atoms with Gasteiger partial charge in [0.15, 0.2) is 0 Å². The highest BCUT2D eigenvalue weighted by atomic mass is 79.9. The number of rotatable bonds is 6. The lowest BCUT2D eigenvalue weighted by molar-refractivity contribution is 0.139. The molecular weight excluding hydrogens is 280 g/mol. The monoisotopic (exact) mass is 298 g/mol. The van der Waals surface area contributed by atoms with Gasteiger partial charge >= 0.3 is 0 Å². The molecule has 2 N–H and O–H groups in total. The van der Waals surface area contributed by atoms with Crippen LogP contribution in [0.15, 0.2) is 22.7 Å². The zero-order chi connectivity index (χ0) is 12.3. The number of nitrogens with two attached hydrogens (primary N) is 1. The molecule has 0 saturated heterocycles. The van der Waals surface area contributed by atoms with Crippen LogP contribution in [0.25, 0.3) is 0 Å². The van der Waals surface area contributed by atoms with Crippen molar-refractivity contribution in [1.29, 1.82) is 0 Å². The van der Waals surface area contributed by atoms with E-state index in [2.05, 4.69) is 26.9 Å². The lowest BCUT2D eigenvalue weighted by atomic mass is 10.2.